The molecule has 0 atom stereocenters. The van der Waals surface area contributed by atoms with Crippen molar-refractivity contribution in [2.75, 3.05) is 0 Å². The zero-order chi connectivity index (χ0) is 16.5. The summed E-state index contributed by atoms with van der Waals surface area (Å²) in [6.07, 6.45) is 3.35. The summed E-state index contributed by atoms with van der Waals surface area (Å²) < 4.78 is 4.93. The van der Waals surface area contributed by atoms with E-state index in [0.717, 1.165) is 38.6 Å². The fourth-order valence-corrected chi connectivity index (χ4v) is 2.82. The Bertz CT molecular complexity index is 1040. The lowest BCUT2D eigenvalue weighted by Crippen LogP contribution is -2.10. The molecule has 0 bridgehead atoms. The molecule has 0 unspecified atom stereocenters. The van der Waals surface area contributed by atoms with Gasteiger partial charge in [0, 0.05) is 11.1 Å². The van der Waals surface area contributed by atoms with E-state index in [2.05, 4.69) is 35.5 Å². The minimum atomic E-state index is 0.0856. The summed E-state index contributed by atoms with van der Waals surface area (Å²) in [5, 5.41) is 13.5. The lowest BCUT2D eigenvalue weighted by atomic mass is 9.97. The largest absolute Gasteiger partial charge is 0.384 e. The lowest BCUT2D eigenvalue weighted by molar-refractivity contribution is 0.420. The van der Waals surface area contributed by atoms with Crippen molar-refractivity contribution in [1.82, 2.24) is 5.16 Å². The molecule has 4 rings (SSSR count). The highest BCUT2D eigenvalue weighted by Crippen LogP contribution is 2.28. The first-order valence-corrected chi connectivity index (χ1v) is 7.59. The smallest absolute Gasteiger partial charge is 0.131 e. The first-order chi connectivity index (χ1) is 11.7. The van der Waals surface area contributed by atoms with Gasteiger partial charge in [0.25, 0.3) is 0 Å². The Balaban J connectivity index is 1.78. The number of amidine groups is 1. The van der Waals surface area contributed by atoms with Gasteiger partial charge >= 0.3 is 0 Å². The van der Waals surface area contributed by atoms with Crippen molar-refractivity contribution in [3.63, 3.8) is 0 Å². The number of fused-ring (bicyclic) bond motifs is 1. The molecule has 0 aliphatic heterocycles. The van der Waals surface area contributed by atoms with Crippen LogP contribution in [-0.4, -0.2) is 11.0 Å². The lowest BCUT2D eigenvalue weighted by Gasteiger charge is -2.07. The zero-order valence-electron chi connectivity index (χ0n) is 12.9. The number of rotatable bonds is 3. The van der Waals surface area contributed by atoms with Crippen LogP contribution in [0.15, 0.2) is 77.6 Å². The van der Waals surface area contributed by atoms with Gasteiger partial charge in [-0.15, -0.1) is 0 Å². The molecule has 24 heavy (non-hydrogen) atoms. The van der Waals surface area contributed by atoms with Crippen molar-refractivity contribution < 1.29 is 4.52 Å². The van der Waals surface area contributed by atoms with Crippen LogP contribution in [-0.2, 0) is 0 Å². The van der Waals surface area contributed by atoms with Gasteiger partial charge in [-0.25, -0.2) is 0 Å². The predicted octanol–water partition coefficient (Wildman–Crippen LogP) is 4.45. The summed E-state index contributed by atoms with van der Waals surface area (Å²) in [6.45, 7) is 0. The fraction of sp³-hybridized carbons (Fsp3) is 0. The summed E-state index contributed by atoms with van der Waals surface area (Å²) in [5.41, 5.74) is 10.6. The van der Waals surface area contributed by atoms with E-state index < -0.39 is 0 Å². The van der Waals surface area contributed by atoms with Crippen LogP contribution in [0, 0.1) is 5.41 Å². The standard InChI is InChI=1S/C20H15N3O/c21-20(22)18-7-6-16-9-15(4-5-17(16)10-18)13-2-1-3-14(8-13)19-11-23-24-12-19/h1-12H,(H3,21,22). The molecule has 4 aromatic rings. The maximum Gasteiger partial charge on any atom is 0.131 e. The van der Waals surface area contributed by atoms with E-state index in [4.69, 9.17) is 15.7 Å². The Morgan fingerprint density at radius 2 is 1.54 bits per heavy atom. The molecule has 3 N–H and O–H groups in total. The number of nitrogens with one attached hydrogen (secondary N) is 1. The van der Waals surface area contributed by atoms with Crippen LogP contribution in [0.3, 0.4) is 0 Å². The van der Waals surface area contributed by atoms with E-state index in [9.17, 15) is 0 Å². The number of nitrogens with zero attached hydrogens (tertiary/aromatic N) is 1. The SMILES string of the molecule is N=C(N)c1ccc2cc(-c3cccc(-c4cnoc4)c3)ccc2c1. The molecule has 0 saturated carbocycles. The van der Waals surface area contributed by atoms with Gasteiger partial charge in [-0.05, 0) is 45.7 Å². The Hall–Kier alpha value is -3.40. The highest BCUT2D eigenvalue weighted by molar-refractivity contribution is 5.99. The number of nitrogen functional groups attached to an aromatic ring is 1. The molecule has 0 aliphatic rings. The van der Waals surface area contributed by atoms with Gasteiger partial charge in [-0.1, -0.05) is 47.6 Å². The van der Waals surface area contributed by atoms with E-state index in [1.165, 1.54) is 0 Å². The van der Waals surface area contributed by atoms with Crippen LogP contribution in [0.25, 0.3) is 33.0 Å². The summed E-state index contributed by atoms with van der Waals surface area (Å²) in [5.74, 6) is 0.0856. The molecule has 0 spiro atoms. The number of aromatic nitrogens is 1. The third-order valence-electron chi connectivity index (χ3n) is 4.11. The van der Waals surface area contributed by atoms with Gasteiger partial charge in [0.1, 0.15) is 12.1 Å². The molecular formula is C20H15N3O. The second-order valence-electron chi connectivity index (χ2n) is 5.68. The van der Waals surface area contributed by atoms with Crippen molar-refractivity contribution in [3.05, 3.63) is 78.7 Å². The molecule has 116 valence electrons. The van der Waals surface area contributed by atoms with Crippen LogP contribution >= 0.6 is 0 Å². The van der Waals surface area contributed by atoms with Gasteiger partial charge in [-0.3, -0.25) is 5.41 Å². The van der Waals surface area contributed by atoms with Gasteiger partial charge in [0.15, 0.2) is 0 Å². The second-order valence-corrected chi connectivity index (χ2v) is 5.68. The summed E-state index contributed by atoms with van der Waals surface area (Å²) >= 11 is 0. The molecule has 4 nitrogen and oxygen atoms in total. The number of benzene rings is 3. The second kappa shape index (κ2) is 5.66. The Labute approximate surface area is 139 Å². The minimum Gasteiger partial charge on any atom is -0.384 e. The fourth-order valence-electron chi connectivity index (χ4n) is 2.82. The average Bonchev–Trinajstić information content (AvgIpc) is 3.15. The predicted molar refractivity (Wildman–Crippen MR) is 95.9 cm³/mol. The van der Waals surface area contributed by atoms with Gasteiger partial charge in [0.05, 0.1) is 6.20 Å². The Kier molecular flexibility index (Phi) is 3.35. The zero-order valence-corrected chi connectivity index (χ0v) is 12.9. The van der Waals surface area contributed by atoms with Gasteiger partial charge in [-0.2, -0.15) is 0 Å². The Morgan fingerprint density at radius 3 is 2.29 bits per heavy atom. The van der Waals surface area contributed by atoms with Crippen LogP contribution in [0.2, 0.25) is 0 Å². The van der Waals surface area contributed by atoms with Crippen molar-refractivity contribution in [1.29, 1.82) is 5.41 Å². The third-order valence-corrected chi connectivity index (χ3v) is 4.11. The van der Waals surface area contributed by atoms with Crippen molar-refractivity contribution in [2.45, 2.75) is 0 Å². The maximum atomic E-state index is 7.54. The molecule has 3 aromatic carbocycles. The summed E-state index contributed by atoms with van der Waals surface area (Å²) in [4.78, 5) is 0. The molecule has 4 heteroatoms. The molecule has 0 radical (unpaired) electrons. The van der Waals surface area contributed by atoms with E-state index >= 15 is 0 Å². The molecule has 1 heterocycles. The van der Waals surface area contributed by atoms with Crippen LogP contribution in [0.5, 0.6) is 0 Å². The molecule has 1 aromatic heterocycles. The third kappa shape index (κ3) is 2.54. The maximum absolute atomic E-state index is 7.54. The first kappa shape index (κ1) is 14.2. The van der Waals surface area contributed by atoms with Crippen LogP contribution < -0.4 is 5.73 Å². The molecule has 0 aliphatic carbocycles. The monoisotopic (exact) mass is 313 g/mol. The Morgan fingerprint density at radius 1 is 0.833 bits per heavy atom. The van der Waals surface area contributed by atoms with Crippen LogP contribution in [0.1, 0.15) is 5.56 Å². The number of hydrogen-bond donors (Lipinski definition) is 2. The van der Waals surface area contributed by atoms with Crippen molar-refractivity contribution in [3.8, 4) is 22.3 Å². The van der Waals surface area contributed by atoms with E-state index in [1.54, 1.807) is 12.5 Å². The highest BCUT2D eigenvalue weighted by Gasteiger charge is 2.05. The molecule has 0 fully saturated rings. The normalized spacial score (nSPS) is 10.8. The van der Waals surface area contributed by atoms with Gasteiger partial charge < -0.3 is 10.3 Å². The van der Waals surface area contributed by atoms with Crippen LogP contribution in [0.4, 0.5) is 0 Å². The average molecular weight is 313 g/mol. The topological polar surface area (TPSA) is 75.9 Å². The highest BCUT2D eigenvalue weighted by atomic mass is 16.5. The minimum absolute atomic E-state index is 0.0856. The molecule has 0 amide bonds. The molecule has 0 saturated heterocycles. The summed E-state index contributed by atoms with van der Waals surface area (Å²) in [6, 6.07) is 20.4. The molecular weight excluding hydrogens is 298 g/mol. The van der Waals surface area contributed by atoms with E-state index in [-0.39, 0.29) is 5.84 Å². The van der Waals surface area contributed by atoms with E-state index in [1.807, 2.05) is 30.3 Å². The summed E-state index contributed by atoms with van der Waals surface area (Å²) in [7, 11) is 0. The van der Waals surface area contributed by atoms with Crippen molar-refractivity contribution >= 4 is 16.6 Å². The quantitative estimate of drug-likeness (QED) is 0.433. The number of hydrogen-bond acceptors (Lipinski definition) is 3. The van der Waals surface area contributed by atoms with E-state index in [0.29, 0.717) is 0 Å². The number of nitrogens with two attached hydrogens (primary N) is 1. The van der Waals surface area contributed by atoms with Crippen molar-refractivity contribution in [2.24, 2.45) is 5.73 Å². The first-order valence-electron chi connectivity index (χ1n) is 7.59. The van der Waals surface area contributed by atoms with Gasteiger partial charge in [0.2, 0.25) is 0 Å².